The van der Waals surface area contributed by atoms with Crippen LogP contribution in [0.15, 0.2) is 91.3 Å². The fraction of sp³-hybridized carbons (Fsp3) is 0. The van der Waals surface area contributed by atoms with Crippen molar-refractivity contribution in [2.24, 2.45) is 0 Å². The zero-order valence-electron chi connectivity index (χ0n) is 13.4. The van der Waals surface area contributed by atoms with Gasteiger partial charge in [0.2, 0.25) is 0 Å². The topological polar surface area (TPSA) is 25.8 Å². The van der Waals surface area contributed by atoms with Gasteiger partial charge in [-0.15, -0.1) is 0 Å². The summed E-state index contributed by atoms with van der Waals surface area (Å²) < 4.78 is 0. The van der Waals surface area contributed by atoms with Gasteiger partial charge in [0, 0.05) is 28.5 Å². The summed E-state index contributed by atoms with van der Waals surface area (Å²) in [5, 5.41) is 0.720. The van der Waals surface area contributed by atoms with Gasteiger partial charge in [0.1, 0.15) is 0 Å². The van der Waals surface area contributed by atoms with Gasteiger partial charge >= 0.3 is 0 Å². The number of benzene rings is 2. The molecule has 3 heteroatoms. The van der Waals surface area contributed by atoms with E-state index in [2.05, 4.69) is 29.2 Å². The Morgan fingerprint density at radius 3 is 1.80 bits per heavy atom. The fourth-order valence-electron chi connectivity index (χ4n) is 2.77. The van der Waals surface area contributed by atoms with Crippen LogP contribution < -0.4 is 0 Å². The van der Waals surface area contributed by atoms with Crippen molar-refractivity contribution < 1.29 is 0 Å². The van der Waals surface area contributed by atoms with Gasteiger partial charge in [-0.1, -0.05) is 54.1 Å². The highest BCUT2D eigenvalue weighted by Crippen LogP contribution is 2.30. The first-order valence-electron chi connectivity index (χ1n) is 8.03. The third-order valence-electron chi connectivity index (χ3n) is 4.05. The fourth-order valence-corrected chi connectivity index (χ4v) is 2.89. The van der Waals surface area contributed by atoms with Crippen LogP contribution in [0.25, 0.3) is 33.6 Å². The highest BCUT2D eigenvalue weighted by molar-refractivity contribution is 6.30. The molecule has 0 aliphatic carbocycles. The Hall–Kier alpha value is -2.97. The number of hydrogen-bond acceptors (Lipinski definition) is 2. The molecule has 0 atom stereocenters. The van der Waals surface area contributed by atoms with Crippen molar-refractivity contribution in [1.82, 2.24) is 9.97 Å². The van der Waals surface area contributed by atoms with Gasteiger partial charge in [-0.2, -0.15) is 0 Å². The van der Waals surface area contributed by atoms with Crippen LogP contribution in [0.4, 0.5) is 0 Å². The van der Waals surface area contributed by atoms with Gasteiger partial charge in [0.05, 0.1) is 11.4 Å². The summed E-state index contributed by atoms with van der Waals surface area (Å²) in [4.78, 5) is 8.98. The lowest BCUT2D eigenvalue weighted by atomic mass is 10.0. The Balaban J connectivity index is 1.90. The maximum absolute atomic E-state index is 6.03. The molecule has 4 aromatic rings. The van der Waals surface area contributed by atoms with E-state index in [0.29, 0.717) is 0 Å². The van der Waals surface area contributed by atoms with Crippen molar-refractivity contribution in [3.8, 4) is 33.6 Å². The smallest absolute Gasteiger partial charge is 0.0715 e. The molecule has 2 aromatic carbocycles. The van der Waals surface area contributed by atoms with Crippen LogP contribution in [0.2, 0.25) is 5.02 Å². The first-order chi connectivity index (χ1) is 12.3. The van der Waals surface area contributed by atoms with Gasteiger partial charge in [0.25, 0.3) is 0 Å². The maximum Gasteiger partial charge on any atom is 0.0715 e. The molecule has 0 bridgehead atoms. The first kappa shape index (κ1) is 15.6. The summed E-state index contributed by atoms with van der Waals surface area (Å²) in [7, 11) is 0. The molecule has 0 fully saturated rings. The van der Waals surface area contributed by atoms with Gasteiger partial charge in [-0.3, -0.25) is 4.98 Å². The van der Waals surface area contributed by atoms with Crippen LogP contribution >= 0.6 is 11.6 Å². The Bertz CT molecular complexity index is 924. The van der Waals surface area contributed by atoms with E-state index in [9.17, 15) is 0 Å². The van der Waals surface area contributed by atoms with Crippen LogP contribution in [0.3, 0.4) is 0 Å². The number of hydrogen-bond donors (Lipinski definition) is 0. The van der Waals surface area contributed by atoms with E-state index in [-0.39, 0.29) is 0 Å². The van der Waals surface area contributed by atoms with E-state index >= 15 is 0 Å². The van der Waals surface area contributed by atoms with E-state index in [4.69, 9.17) is 16.6 Å². The summed E-state index contributed by atoms with van der Waals surface area (Å²) >= 11 is 6.03. The van der Waals surface area contributed by atoms with Crippen LogP contribution in [0.1, 0.15) is 0 Å². The number of pyridine rings is 2. The molecule has 0 saturated carbocycles. The quantitative estimate of drug-likeness (QED) is 0.447. The van der Waals surface area contributed by atoms with Crippen LogP contribution in [-0.4, -0.2) is 9.97 Å². The third-order valence-corrected chi connectivity index (χ3v) is 4.30. The van der Waals surface area contributed by atoms with E-state index < -0.39 is 0 Å². The molecule has 0 aliphatic rings. The van der Waals surface area contributed by atoms with Gasteiger partial charge in [0.15, 0.2) is 0 Å². The van der Waals surface area contributed by atoms with Crippen LogP contribution in [0, 0.1) is 0 Å². The minimum absolute atomic E-state index is 0.720. The molecule has 0 amide bonds. The number of halogens is 1. The highest BCUT2D eigenvalue weighted by atomic mass is 35.5. The molecule has 2 heterocycles. The molecule has 0 radical (unpaired) electrons. The van der Waals surface area contributed by atoms with Crippen molar-refractivity contribution in [3.63, 3.8) is 0 Å². The lowest BCUT2D eigenvalue weighted by Gasteiger charge is -2.10. The van der Waals surface area contributed by atoms with Crippen molar-refractivity contribution >= 4 is 11.6 Å². The molecule has 0 spiro atoms. The lowest BCUT2D eigenvalue weighted by molar-refractivity contribution is 1.31. The second kappa shape index (κ2) is 6.88. The Morgan fingerprint density at radius 1 is 0.560 bits per heavy atom. The molecule has 0 saturated heterocycles. The van der Waals surface area contributed by atoms with Crippen molar-refractivity contribution in [1.29, 1.82) is 0 Å². The van der Waals surface area contributed by atoms with E-state index in [1.165, 1.54) is 0 Å². The van der Waals surface area contributed by atoms with Gasteiger partial charge < -0.3 is 0 Å². The predicted molar refractivity (Wildman–Crippen MR) is 103 cm³/mol. The van der Waals surface area contributed by atoms with Gasteiger partial charge in [-0.25, -0.2) is 4.98 Å². The van der Waals surface area contributed by atoms with Crippen LogP contribution in [-0.2, 0) is 0 Å². The summed E-state index contributed by atoms with van der Waals surface area (Å²) in [5.41, 5.74) is 6.22. The average molecular weight is 343 g/mol. The van der Waals surface area contributed by atoms with E-state index in [1.54, 1.807) is 12.4 Å². The highest BCUT2D eigenvalue weighted by Gasteiger charge is 2.08. The molecule has 25 heavy (non-hydrogen) atoms. The SMILES string of the molecule is Clc1ccc(-c2cc(-c3ccncc3)cc(-c3ccccc3)n2)cc1. The predicted octanol–water partition coefficient (Wildman–Crippen LogP) is 6.13. The zero-order valence-corrected chi connectivity index (χ0v) is 14.2. The standard InChI is InChI=1S/C22H15ClN2/c23-20-8-6-18(7-9-20)22-15-19(16-10-12-24-13-11-16)14-21(25-22)17-4-2-1-3-5-17/h1-15H. The first-order valence-corrected chi connectivity index (χ1v) is 8.41. The van der Waals surface area contributed by atoms with Crippen molar-refractivity contribution in [2.75, 3.05) is 0 Å². The third kappa shape index (κ3) is 3.44. The van der Waals surface area contributed by atoms with Gasteiger partial charge in [-0.05, 0) is 47.5 Å². The zero-order chi connectivity index (χ0) is 17.1. The maximum atomic E-state index is 6.03. The molecule has 120 valence electrons. The van der Waals surface area contributed by atoms with Crippen LogP contribution in [0.5, 0.6) is 0 Å². The summed E-state index contributed by atoms with van der Waals surface area (Å²) in [6, 6.07) is 26.2. The normalized spacial score (nSPS) is 10.6. The number of aromatic nitrogens is 2. The molecule has 0 N–H and O–H groups in total. The molecule has 0 aliphatic heterocycles. The summed E-state index contributed by atoms with van der Waals surface area (Å²) in [6.45, 7) is 0. The molecular weight excluding hydrogens is 328 g/mol. The minimum Gasteiger partial charge on any atom is -0.265 e. The Kier molecular flexibility index (Phi) is 4.28. The second-order valence-electron chi connectivity index (χ2n) is 5.74. The Morgan fingerprint density at radius 2 is 1.16 bits per heavy atom. The molecule has 2 nitrogen and oxygen atoms in total. The van der Waals surface area contributed by atoms with Crippen molar-refractivity contribution in [2.45, 2.75) is 0 Å². The van der Waals surface area contributed by atoms with Crippen molar-refractivity contribution in [3.05, 3.63) is 96.3 Å². The molecule has 0 unspecified atom stereocenters. The number of nitrogens with zero attached hydrogens (tertiary/aromatic N) is 2. The average Bonchev–Trinajstić information content (AvgIpc) is 2.69. The summed E-state index contributed by atoms with van der Waals surface area (Å²) in [5.74, 6) is 0. The monoisotopic (exact) mass is 342 g/mol. The molecule has 4 rings (SSSR count). The summed E-state index contributed by atoms with van der Waals surface area (Å²) in [6.07, 6.45) is 3.61. The second-order valence-corrected chi connectivity index (χ2v) is 6.17. The lowest BCUT2D eigenvalue weighted by Crippen LogP contribution is -1.91. The van der Waals surface area contributed by atoms with E-state index in [0.717, 1.165) is 38.7 Å². The minimum atomic E-state index is 0.720. The number of rotatable bonds is 3. The van der Waals surface area contributed by atoms with E-state index in [1.807, 2.05) is 54.6 Å². The Labute approximate surface area is 151 Å². The molecule has 2 aromatic heterocycles. The largest absolute Gasteiger partial charge is 0.265 e. The molecular formula is C22H15ClN2.